The maximum atomic E-state index is 12.9. The largest absolute Gasteiger partial charge is 0.326 e. The number of likely N-dealkylation sites (tertiary alicyclic amines) is 1. The topological polar surface area (TPSA) is 66.5 Å². The fraction of sp³-hybridized carbons (Fsp3) is 0.476. The van der Waals surface area contributed by atoms with Gasteiger partial charge in [0.05, 0.1) is 11.8 Å². The third-order valence-corrected chi connectivity index (χ3v) is 7.27. The molecule has 0 aromatic heterocycles. The van der Waals surface area contributed by atoms with Gasteiger partial charge in [-0.25, -0.2) is 0 Å². The zero-order chi connectivity index (χ0) is 18.9. The molecule has 1 N–H and O–H groups in total. The Morgan fingerprint density at radius 2 is 1.78 bits per heavy atom. The fourth-order valence-corrected chi connectivity index (χ4v) is 5.91. The van der Waals surface area contributed by atoms with E-state index in [1.54, 1.807) is 0 Å². The molecule has 1 heterocycles. The molecule has 5 nitrogen and oxygen atoms in total. The summed E-state index contributed by atoms with van der Waals surface area (Å²) in [5.74, 6) is 0.963. The quantitative estimate of drug-likeness (QED) is 0.591. The Bertz CT molecular complexity index is 859. The number of allylic oxidation sites excluding steroid dienone is 2. The van der Waals surface area contributed by atoms with E-state index in [1.807, 2.05) is 25.1 Å². The highest BCUT2D eigenvalue weighted by Gasteiger charge is 2.66. The standard InChI is InChI=1S/C21H21BrN2O3/c1-10-8-11(22)2-5-16(10)23-17(25)6-7-24-20(26)18-12-3-4-13(15-9-14(12)15)19(18)21(24)27/h2-5,8,12-15,18-19H,6-7,9H2,1H3,(H,23,25)/t12-,13+,14-,15-,18+,19+/m1/s1. The average Bonchev–Trinajstić information content (AvgIpc) is 3.41. The minimum Gasteiger partial charge on any atom is -0.326 e. The molecule has 0 radical (unpaired) electrons. The molecule has 140 valence electrons. The lowest BCUT2D eigenvalue weighted by molar-refractivity contribution is -0.140. The number of halogens is 1. The lowest BCUT2D eigenvalue weighted by atomic mass is 9.63. The summed E-state index contributed by atoms with van der Waals surface area (Å²) in [6, 6.07) is 5.64. The lowest BCUT2D eigenvalue weighted by Gasteiger charge is -2.37. The monoisotopic (exact) mass is 428 g/mol. The molecule has 1 aliphatic heterocycles. The van der Waals surface area contributed by atoms with Gasteiger partial charge in [-0.15, -0.1) is 0 Å². The van der Waals surface area contributed by atoms with E-state index in [2.05, 4.69) is 33.4 Å². The number of hydrogen-bond donors (Lipinski definition) is 1. The van der Waals surface area contributed by atoms with E-state index in [0.717, 1.165) is 22.1 Å². The van der Waals surface area contributed by atoms with E-state index < -0.39 is 0 Å². The van der Waals surface area contributed by atoms with Crippen molar-refractivity contribution in [2.75, 3.05) is 11.9 Å². The van der Waals surface area contributed by atoms with Crippen LogP contribution in [0.15, 0.2) is 34.8 Å². The summed E-state index contributed by atoms with van der Waals surface area (Å²) in [4.78, 5) is 39.5. The third kappa shape index (κ3) is 2.60. The summed E-state index contributed by atoms with van der Waals surface area (Å²) in [5, 5.41) is 2.88. The number of anilines is 1. The predicted octanol–water partition coefficient (Wildman–Crippen LogP) is 3.14. The Labute approximate surface area is 166 Å². The van der Waals surface area contributed by atoms with Crippen molar-refractivity contribution < 1.29 is 14.4 Å². The summed E-state index contributed by atoms with van der Waals surface area (Å²) < 4.78 is 0.954. The van der Waals surface area contributed by atoms with Gasteiger partial charge in [-0.2, -0.15) is 0 Å². The van der Waals surface area contributed by atoms with E-state index >= 15 is 0 Å². The molecule has 5 aliphatic rings. The number of rotatable bonds is 4. The summed E-state index contributed by atoms with van der Waals surface area (Å²) in [5.41, 5.74) is 1.71. The molecule has 27 heavy (non-hydrogen) atoms. The van der Waals surface area contributed by atoms with Gasteiger partial charge < -0.3 is 5.32 Å². The molecular formula is C21H21BrN2O3. The van der Waals surface area contributed by atoms with Crippen LogP contribution < -0.4 is 5.32 Å². The minimum absolute atomic E-state index is 0.0673. The predicted molar refractivity (Wildman–Crippen MR) is 104 cm³/mol. The van der Waals surface area contributed by atoms with E-state index in [4.69, 9.17) is 0 Å². The van der Waals surface area contributed by atoms with Crippen molar-refractivity contribution >= 4 is 39.3 Å². The number of benzene rings is 1. The Balaban J connectivity index is 1.25. The Hall–Kier alpha value is -1.95. The highest BCUT2D eigenvalue weighted by Crippen LogP contribution is 2.65. The highest BCUT2D eigenvalue weighted by molar-refractivity contribution is 9.10. The number of hydrogen-bond acceptors (Lipinski definition) is 3. The molecule has 1 aromatic carbocycles. The van der Waals surface area contributed by atoms with Crippen LogP contribution in [0.2, 0.25) is 0 Å². The highest BCUT2D eigenvalue weighted by atomic mass is 79.9. The van der Waals surface area contributed by atoms with Gasteiger partial charge in [0.15, 0.2) is 0 Å². The van der Waals surface area contributed by atoms with Crippen molar-refractivity contribution in [3.8, 4) is 0 Å². The molecule has 0 spiro atoms. The summed E-state index contributed by atoms with van der Waals surface area (Å²) >= 11 is 3.40. The van der Waals surface area contributed by atoms with Gasteiger partial charge in [-0.3, -0.25) is 19.3 Å². The fourth-order valence-electron chi connectivity index (χ4n) is 5.43. The minimum atomic E-state index is -0.187. The SMILES string of the molecule is Cc1cc(Br)ccc1NC(=O)CCN1C(=O)[C@H]2[C@@H]3C=C[C@@H]([C@H]4C[C@H]34)[C@@H]2C1=O. The van der Waals surface area contributed by atoms with Crippen LogP contribution in [0.1, 0.15) is 18.4 Å². The molecule has 3 fully saturated rings. The van der Waals surface area contributed by atoms with E-state index in [0.29, 0.717) is 11.8 Å². The molecule has 6 rings (SSSR count). The summed E-state index contributed by atoms with van der Waals surface area (Å²) in [6.45, 7) is 2.09. The van der Waals surface area contributed by atoms with Crippen molar-refractivity contribution in [1.82, 2.24) is 4.90 Å². The van der Waals surface area contributed by atoms with Crippen LogP contribution in [0.25, 0.3) is 0 Å². The maximum absolute atomic E-state index is 12.9. The van der Waals surface area contributed by atoms with Crippen LogP contribution in [0.4, 0.5) is 5.69 Å². The van der Waals surface area contributed by atoms with Gasteiger partial charge in [0.2, 0.25) is 17.7 Å². The first-order valence-electron chi connectivity index (χ1n) is 9.55. The molecule has 6 atom stereocenters. The number of nitrogens with one attached hydrogen (secondary N) is 1. The van der Waals surface area contributed by atoms with Crippen molar-refractivity contribution in [3.63, 3.8) is 0 Å². The van der Waals surface area contributed by atoms with Crippen LogP contribution in [-0.4, -0.2) is 29.2 Å². The van der Waals surface area contributed by atoms with Crippen molar-refractivity contribution in [1.29, 1.82) is 0 Å². The number of nitrogens with zero attached hydrogens (tertiary/aromatic N) is 1. The summed E-state index contributed by atoms with van der Waals surface area (Å²) in [6.07, 6.45) is 5.61. The zero-order valence-electron chi connectivity index (χ0n) is 15.0. The van der Waals surface area contributed by atoms with Crippen molar-refractivity contribution in [2.45, 2.75) is 19.8 Å². The average molecular weight is 429 g/mol. The van der Waals surface area contributed by atoms with Gasteiger partial charge in [0, 0.05) is 23.1 Å². The zero-order valence-corrected chi connectivity index (χ0v) is 16.6. The van der Waals surface area contributed by atoms with Crippen molar-refractivity contribution in [3.05, 3.63) is 40.4 Å². The van der Waals surface area contributed by atoms with Crippen LogP contribution in [0.3, 0.4) is 0 Å². The van der Waals surface area contributed by atoms with Gasteiger partial charge >= 0.3 is 0 Å². The number of carbonyl (C=O) groups excluding carboxylic acids is 3. The molecular weight excluding hydrogens is 408 g/mol. The first-order chi connectivity index (χ1) is 13.0. The Kier molecular flexibility index (Phi) is 3.83. The Morgan fingerprint density at radius 1 is 1.15 bits per heavy atom. The van der Waals surface area contributed by atoms with Crippen LogP contribution >= 0.6 is 15.9 Å². The van der Waals surface area contributed by atoms with Gasteiger partial charge in [-0.1, -0.05) is 28.1 Å². The second-order valence-corrected chi connectivity index (χ2v) is 9.16. The maximum Gasteiger partial charge on any atom is 0.233 e. The first-order valence-corrected chi connectivity index (χ1v) is 10.3. The molecule has 2 bridgehead atoms. The van der Waals surface area contributed by atoms with E-state index in [-0.39, 0.29) is 54.4 Å². The van der Waals surface area contributed by atoms with Crippen LogP contribution in [0.5, 0.6) is 0 Å². The molecule has 6 heteroatoms. The number of aryl methyl sites for hydroxylation is 1. The normalized spacial score (nSPS) is 35.3. The van der Waals surface area contributed by atoms with Gasteiger partial charge in [0.25, 0.3) is 0 Å². The molecule has 1 saturated heterocycles. The van der Waals surface area contributed by atoms with Gasteiger partial charge in [-0.05, 0) is 60.8 Å². The van der Waals surface area contributed by atoms with Gasteiger partial charge in [0.1, 0.15) is 0 Å². The molecule has 4 aliphatic carbocycles. The first kappa shape index (κ1) is 17.2. The second kappa shape index (κ2) is 6.03. The Morgan fingerprint density at radius 3 is 2.37 bits per heavy atom. The third-order valence-electron chi connectivity index (χ3n) is 6.78. The van der Waals surface area contributed by atoms with Crippen LogP contribution in [-0.2, 0) is 14.4 Å². The lowest BCUT2D eigenvalue weighted by Crippen LogP contribution is -2.40. The second-order valence-electron chi connectivity index (χ2n) is 8.24. The van der Waals surface area contributed by atoms with E-state index in [1.165, 1.54) is 4.90 Å². The van der Waals surface area contributed by atoms with Crippen LogP contribution in [0, 0.1) is 42.4 Å². The number of carbonyl (C=O) groups is 3. The molecule has 0 unspecified atom stereocenters. The molecule has 2 saturated carbocycles. The molecule has 1 aromatic rings. The van der Waals surface area contributed by atoms with E-state index in [9.17, 15) is 14.4 Å². The number of imide groups is 1. The smallest absolute Gasteiger partial charge is 0.233 e. The number of amides is 3. The molecule has 3 amide bonds. The summed E-state index contributed by atoms with van der Waals surface area (Å²) in [7, 11) is 0. The van der Waals surface area contributed by atoms with Crippen molar-refractivity contribution in [2.24, 2.45) is 35.5 Å².